The highest BCUT2D eigenvalue weighted by Crippen LogP contribution is 2.27. The molecule has 2 aromatic rings. The summed E-state index contributed by atoms with van der Waals surface area (Å²) in [6.45, 7) is 5.37. The number of ether oxygens (including phenoxy) is 2. The van der Waals surface area contributed by atoms with Crippen LogP contribution in [0.25, 0.3) is 0 Å². The zero-order valence-electron chi connectivity index (χ0n) is 15.0. The lowest BCUT2D eigenvalue weighted by molar-refractivity contribution is 0.0394. The first-order valence-corrected chi connectivity index (χ1v) is 9.06. The highest BCUT2D eigenvalue weighted by molar-refractivity contribution is 5.48. The van der Waals surface area contributed by atoms with Crippen LogP contribution in [-0.4, -0.2) is 55.9 Å². The summed E-state index contributed by atoms with van der Waals surface area (Å²) in [5.74, 6) is 0.695. The standard InChI is InChI=1S/C18H23N7O2/c19-17-5-6-18(21-25(17)22-20)24-9-12-27-16(13-24)14-1-3-15(4-2-14)23-7-10-26-11-8-23/h1-6,16,19-20H,7-13H2. The van der Waals surface area contributed by atoms with Gasteiger partial charge in [0, 0.05) is 31.9 Å². The zero-order valence-corrected chi connectivity index (χ0v) is 15.0. The predicted octanol–water partition coefficient (Wildman–Crippen LogP) is 1.57. The normalized spacial score (nSPS) is 20.5. The first kappa shape index (κ1) is 17.6. The third kappa shape index (κ3) is 3.83. The molecule has 2 aliphatic rings. The summed E-state index contributed by atoms with van der Waals surface area (Å²) in [6, 6.07) is 11.9. The van der Waals surface area contributed by atoms with Crippen LogP contribution in [0, 0.1) is 10.9 Å². The highest BCUT2D eigenvalue weighted by atomic mass is 16.5. The minimum Gasteiger partial charge on any atom is -0.378 e. The first-order chi connectivity index (χ1) is 13.2. The number of benzene rings is 1. The van der Waals surface area contributed by atoms with Gasteiger partial charge in [0.25, 0.3) is 0 Å². The summed E-state index contributed by atoms with van der Waals surface area (Å²) in [5, 5.41) is 15.2. The average molecular weight is 369 g/mol. The van der Waals surface area contributed by atoms with E-state index in [4.69, 9.17) is 20.4 Å². The van der Waals surface area contributed by atoms with Gasteiger partial charge >= 0.3 is 0 Å². The molecule has 2 saturated heterocycles. The molecule has 9 nitrogen and oxygen atoms in total. The number of nitrogens with one attached hydrogen (secondary N) is 2. The summed E-state index contributed by atoms with van der Waals surface area (Å²) in [5.41, 5.74) is 9.55. The molecule has 0 radical (unpaired) electrons. The Balaban J connectivity index is 1.48. The Morgan fingerprint density at radius 1 is 0.963 bits per heavy atom. The van der Waals surface area contributed by atoms with E-state index in [1.165, 1.54) is 5.69 Å². The van der Waals surface area contributed by atoms with Crippen molar-refractivity contribution >= 4 is 11.5 Å². The monoisotopic (exact) mass is 369 g/mol. The summed E-state index contributed by atoms with van der Waals surface area (Å²) < 4.78 is 11.4. The lowest BCUT2D eigenvalue weighted by Gasteiger charge is -2.34. The van der Waals surface area contributed by atoms with E-state index < -0.39 is 0 Å². The van der Waals surface area contributed by atoms with Crippen molar-refractivity contribution in [1.29, 1.82) is 10.9 Å². The lowest BCUT2D eigenvalue weighted by atomic mass is 10.1. The molecular formula is C18H23N7O2. The van der Waals surface area contributed by atoms with Crippen molar-refractivity contribution in [2.24, 2.45) is 5.22 Å². The number of anilines is 2. The number of morpholine rings is 2. The summed E-state index contributed by atoms with van der Waals surface area (Å²) in [4.78, 5) is 5.44. The van der Waals surface area contributed by atoms with Gasteiger partial charge < -0.3 is 19.3 Å². The molecule has 2 fully saturated rings. The van der Waals surface area contributed by atoms with Gasteiger partial charge in [-0.05, 0) is 29.8 Å². The van der Waals surface area contributed by atoms with Crippen LogP contribution in [0.5, 0.6) is 0 Å². The number of hydrogen-bond donors (Lipinski definition) is 2. The zero-order chi connectivity index (χ0) is 18.6. The molecule has 142 valence electrons. The molecule has 3 heterocycles. The second-order valence-corrected chi connectivity index (χ2v) is 6.56. The molecular weight excluding hydrogens is 346 g/mol. The summed E-state index contributed by atoms with van der Waals surface area (Å²) in [6.07, 6.45) is -0.0450. The first-order valence-electron chi connectivity index (χ1n) is 9.06. The molecule has 1 atom stereocenters. The molecule has 1 aromatic carbocycles. The predicted molar refractivity (Wildman–Crippen MR) is 99.0 cm³/mol. The quantitative estimate of drug-likeness (QED) is 0.797. The summed E-state index contributed by atoms with van der Waals surface area (Å²) >= 11 is 0. The highest BCUT2D eigenvalue weighted by Gasteiger charge is 2.23. The Bertz CT molecular complexity index is 846. The minimum absolute atomic E-state index is 0.0450. The average Bonchev–Trinajstić information content (AvgIpc) is 2.75. The van der Waals surface area contributed by atoms with Gasteiger partial charge in [-0.25, -0.2) is 0 Å². The van der Waals surface area contributed by atoms with E-state index in [2.05, 4.69) is 44.4 Å². The van der Waals surface area contributed by atoms with Gasteiger partial charge in [-0.15, -0.1) is 9.89 Å². The Hall–Kier alpha value is -2.78. The van der Waals surface area contributed by atoms with Crippen molar-refractivity contribution in [2.75, 3.05) is 55.8 Å². The van der Waals surface area contributed by atoms with E-state index in [9.17, 15) is 0 Å². The fourth-order valence-corrected chi connectivity index (χ4v) is 3.43. The van der Waals surface area contributed by atoms with Crippen LogP contribution < -0.4 is 15.3 Å². The Kier molecular flexibility index (Phi) is 5.12. The number of hydrogen-bond acceptors (Lipinski definition) is 8. The SMILES string of the molecule is N=Nn1nc(N2CCOC(c3ccc(N4CCOCC4)cc3)C2)ccc1=N. The molecule has 0 saturated carbocycles. The molecule has 2 N–H and O–H groups in total. The molecule has 0 spiro atoms. The van der Waals surface area contributed by atoms with Crippen molar-refractivity contribution in [1.82, 2.24) is 9.89 Å². The van der Waals surface area contributed by atoms with Gasteiger partial charge in [0.05, 0.1) is 19.8 Å². The van der Waals surface area contributed by atoms with E-state index in [-0.39, 0.29) is 11.6 Å². The molecule has 4 rings (SSSR count). The number of aromatic nitrogens is 2. The van der Waals surface area contributed by atoms with Gasteiger partial charge in [0.1, 0.15) is 6.10 Å². The third-order valence-corrected chi connectivity index (χ3v) is 4.93. The third-order valence-electron chi connectivity index (χ3n) is 4.93. The van der Waals surface area contributed by atoms with E-state index in [1.807, 2.05) is 0 Å². The molecule has 0 amide bonds. The summed E-state index contributed by atoms with van der Waals surface area (Å²) in [7, 11) is 0. The molecule has 9 heteroatoms. The van der Waals surface area contributed by atoms with Crippen molar-refractivity contribution < 1.29 is 9.47 Å². The Morgan fingerprint density at radius 2 is 1.70 bits per heavy atom. The Morgan fingerprint density at radius 3 is 2.44 bits per heavy atom. The molecule has 1 unspecified atom stereocenters. The molecule has 0 aliphatic carbocycles. The van der Waals surface area contributed by atoms with Crippen LogP contribution in [0.1, 0.15) is 11.7 Å². The lowest BCUT2D eigenvalue weighted by Crippen LogP contribution is -2.39. The fraction of sp³-hybridized carbons (Fsp3) is 0.444. The largest absolute Gasteiger partial charge is 0.378 e. The second-order valence-electron chi connectivity index (χ2n) is 6.56. The van der Waals surface area contributed by atoms with E-state index in [0.29, 0.717) is 25.5 Å². The van der Waals surface area contributed by atoms with Crippen LogP contribution in [-0.2, 0) is 9.47 Å². The van der Waals surface area contributed by atoms with Crippen molar-refractivity contribution in [3.63, 3.8) is 0 Å². The van der Waals surface area contributed by atoms with Crippen LogP contribution in [0.2, 0.25) is 0 Å². The van der Waals surface area contributed by atoms with Gasteiger partial charge in [-0.2, -0.15) is 5.53 Å². The van der Waals surface area contributed by atoms with Gasteiger partial charge in [0.15, 0.2) is 11.3 Å². The molecule has 27 heavy (non-hydrogen) atoms. The molecule has 1 aromatic heterocycles. The topological polar surface area (TPSA) is 103 Å². The molecule has 2 aliphatic heterocycles. The van der Waals surface area contributed by atoms with E-state index in [1.54, 1.807) is 12.1 Å². The van der Waals surface area contributed by atoms with Gasteiger partial charge in [-0.3, -0.25) is 5.41 Å². The van der Waals surface area contributed by atoms with E-state index >= 15 is 0 Å². The maximum absolute atomic E-state index is 7.69. The number of rotatable bonds is 4. The number of nitrogens with zero attached hydrogens (tertiary/aromatic N) is 5. The van der Waals surface area contributed by atoms with Crippen molar-refractivity contribution in [3.05, 3.63) is 47.4 Å². The second kappa shape index (κ2) is 7.85. The van der Waals surface area contributed by atoms with Crippen LogP contribution in [0.4, 0.5) is 11.5 Å². The van der Waals surface area contributed by atoms with Crippen LogP contribution >= 0.6 is 0 Å². The van der Waals surface area contributed by atoms with Gasteiger partial charge in [0.2, 0.25) is 0 Å². The van der Waals surface area contributed by atoms with Crippen LogP contribution in [0.3, 0.4) is 0 Å². The minimum atomic E-state index is -0.0450. The van der Waals surface area contributed by atoms with Crippen LogP contribution in [0.15, 0.2) is 41.6 Å². The fourth-order valence-electron chi connectivity index (χ4n) is 3.43. The Labute approximate surface area is 157 Å². The van der Waals surface area contributed by atoms with E-state index in [0.717, 1.165) is 36.7 Å². The molecule has 0 bridgehead atoms. The van der Waals surface area contributed by atoms with Crippen molar-refractivity contribution in [2.45, 2.75) is 6.10 Å². The maximum atomic E-state index is 7.69. The van der Waals surface area contributed by atoms with Crippen molar-refractivity contribution in [3.8, 4) is 0 Å². The smallest absolute Gasteiger partial charge is 0.168 e. The maximum Gasteiger partial charge on any atom is 0.168 e. The van der Waals surface area contributed by atoms with Gasteiger partial charge in [-0.1, -0.05) is 17.4 Å².